The molecule has 3 aromatic carbocycles. The van der Waals surface area contributed by atoms with Crippen molar-refractivity contribution in [1.29, 1.82) is 0 Å². The zero-order valence-corrected chi connectivity index (χ0v) is 17.8. The maximum atomic E-state index is 6.23. The van der Waals surface area contributed by atoms with Crippen LogP contribution in [-0.2, 0) is 0 Å². The van der Waals surface area contributed by atoms with Crippen molar-refractivity contribution in [2.75, 3.05) is 0 Å². The van der Waals surface area contributed by atoms with Crippen molar-refractivity contribution in [2.24, 2.45) is 0 Å². The third-order valence-electron chi connectivity index (χ3n) is 4.99. The first-order valence-electron chi connectivity index (χ1n) is 9.73. The van der Waals surface area contributed by atoms with Gasteiger partial charge in [-0.2, -0.15) is 0 Å². The molecular formula is C26H16Cl2N2O. The van der Waals surface area contributed by atoms with Gasteiger partial charge in [-0.3, -0.25) is 0 Å². The van der Waals surface area contributed by atoms with Crippen molar-refractivity contribution in [1.82, 2.24) is 10.2 Å². The zero-order valence-electron chi connectivity index (χ0n) is 16.3. The van der Waals surface area contributed by atoms with E-state index in [2.05, 4.69) is 10.2 Å². The van der Waals surface area contributed by atoms with E-state index in [1.54, 1.807) is 12.1 Å². The highest BCUT2D eigenvalue weighted by atomic mass is 35.5. The van der Waals surface area contributed by atoms with E-state index in [0.717, 1.165) is 33.6 Å². The molecule has 0 aliphatic heterocycles. The number of aromatic nitrogens is 2. The monoisotopic (exact) mass is 442 g/mol. The molecule has 3 nitrogen and oxygen atoms in total. The van der Waals surface area contributed by atoms with Gasteiger partial charge in [-0.05, 0) is 36.4 Å². The summed E-state index contributed by atoms with van der Waals surface area (Å²) < 4.78 is 6.23. The lowest BCUT2D eigenvalue weighted by atomic mass is 10.0. The van der Waals surface area contributed by atoms with E-state index in [9.17, 15) is 0 Å². The van der Waals surface area contributed by atoms with Crippen LogP contribution < -0.4 is 0 Å². The molecule has 5 aromatic rings. The lowest BCUT2D eigenvalue weighted by Gasteiger charge is -2.09. The Kier molecular flexibility index (Phi) is 5.29. The molecule has 0 atom stereocenters. The summed E-state index contributed by atoms with van der Waals surface area (Å²) >= 11 is 12.2. The van der Waals surface area contributed by atoms with Crippen LogP contribution in [0.3, 0.4) is 0 Å². The maximum Gasteiger partial charge on any atom is 0.137 e. The third kappa shape index (κ3) is 3.98. The first-order valence-corrected chi connectivity index (χ1v) is 10.5. The molecule has 5 rings (SSSR count). The van der Waals surface area contributed by atoms with Crippen molar-refractivity contribution >= 4 is 23.2 Å². The van der Waals surface area contributed by atoms with E-state index in [-0.39, 0.29) is 0 Å². The third-order valence-corrected chi connectivity index (χ3v) is 5.73. The van der Waals surface area contributed by atoms with Crippen LogP contribution in [0.5, 0.6) is 0 Å². The summed E-state index contributed by atoms with van der Waals surface area (Å²) in [6.07, 6.45) is 0. The normalized spacial score (nSPS) is 10.9. The second kappa shape index (κ2) is 8.38. The summed E-state index contributed by atoms with van der Waals surface area (Å²) in [6.45, 7) is 0. The van der Waals surface area contributed by atoms with E-state index < -0.39 is 0 Å². The number of benzene rings is 3. The van der Waals surface area contributed by atoms with E-state index in [4.69, 9.17) is 27.6 Å². The van der Waals surface area contributed by atoms with E-state index in [1.807, 2.05) is 84.9 Å². The SMILES string of the molecule is Clc1ccc(-c2ccc(-c3cc(-c4ccccc4)nnc3-c3ccccc3)o2)cc1Cl. The number of halogens is 2. The largest absolute Gasteiger partial charge is 0.456 e. The number of hydrogen-bond donors (Lipinski definition) is 0. The van der Waals surface area contributed by atoms with Crippen molar-refractivity contribution in [3.8, 4) is 45.2 Å². The van der Waals surface area contributed by atoms with E-state index in [1.165, 1.54) is 0 Å². The highest BCUT2D eigenvalue weighted by Crippen LogP contribution is 2.37. The summed E-state index contributed by atoms with van der Waals surface area (Å²) in [4.78, 5) is 0. The van der Waals surface area contributed by atoms with Crippen LogP contribution in [0, 0.1) is 0 Å². The van der Waals surface area contributed by atoms with Crippen LogP contribution in [0.1, 0.15) is 0 Å². The molecule has 0 aliphatic carbocycles. The number of rotatable bonds is 4. The number of furan rings is 1. The van der Waals surface area contributed by atoms with Gasteiger partial charge in [0, 0.05) is 22.3 Å². The molecule has 0 aliphatic rings. The second-order valence-electron chi connectivity index (χ2n) is 7.02. The van der Waals surface area contributed by atoms with Crippen molar-refractivity contribution in [3.05, 3.63) is 107 Å². The highest BCUT2D eigenvalue weighted by Gasteiger charge is 2.16. The Morgan fingerprint density at radius 2 is 1.23 bits per heavy atom. The molecule has 0 amide bonds. The van der Waals surface area contributed by atoms with Crippen LogP contribution in [0.25, 0.3) is 45.2 Å². The summed E-state index contributed by atoms with van der Waals surface area (Å²) in [5, 5.41) is 10.0. The molecule has 0 spiro atoms. The minimum Gasteiger partial charge on any atom is -0.456 e. The minimum atomic E-state index is 0.485. The molecule has 0 saturated carbocycles. The average Bonchev–Trinajstić information content (AvgIpc) is 3.32. The number of nitrogens with zero attached hydrogens (tertiary/aromatic N) is 2. The minimum absolute atomic E-state index is 0.485. The lowest BCUT2D eigenvalue weighted by molar-refractivity contribution is 0.597. The van der Waals surface area contributed by atoms with Gasteiger partial charge in [-0.1, -0.05) is 83.9 Å². The highest BCUT2D eigenvalue weighted by molar-refractivity contribution is 6.42. The molecule has 2 aromatic heterocycles. The fourth-order valence-corrected chi connectivity index (χ4v) is 3.72. The molecule has 0 fully saturated rings. The molecule has 0 N–H and O–H groups in total. The van der Waals surface area contributed by atoms with Crippen LogP contribution in [0.4, 0.5) is 0 Å². The molecule has 0 unspecified atom stereocenters. The van der Waals surface area contributed by atoms with Crippen LogP contribution in [0.15, 0.2) is 101 Å². The first kappa shape index (κ1) is 19.6. The van der Waals surface area contributed by atoms with E-state index >= 15 is 0 Å². The van der Waals surface area contributed by atoms with Gasteiger partial charge < -0.3 is 4.42 Å². The topological polar surface area (TPSA) is 38.9 Å². The van der Waals surface area contributed by atoms with Crippen molar-refractivity contribution < 1.29 is 4.42 Å². The Hall–Kier alpha value is -3.40. The van der Waals surface area contributed by atoms with Crippen LogP contribution in [-0.4, -0.2) is 10.2 Å². The Balaban J connectivity index is 1.64. The van der Waals surface area contributed by atoms with Crippen molar-refractivity contribution in [3.63, 3.8) is 0 Å². The van der Waals surface area contributed by atoms with Gasteiger partial charge >= 0.3 is 0 Å². The Morgan fingerprint density at radius 3 is 1.94 bits per heavy atom. The van der Waals surface area contributed by atoms with Gasteiger partial charge in [0.05, 0.1) is 15.7 Å². The second-order valence-corrected chi connectivity index (χ2v) is 7.83. The van der Waals surface area contributed by atoms with Crippen molar-refractivity contribution in [2.45, 2.75) is 0 Å². The Labute approximate surface area is 189 Å². The molecule has 5 heteroatoms. The van der Waals surface area contributed by atoms with Gasteiger partial charge in [0.15, 0.2) is 0 Å². The Morgan fingerprint density at radius 1 is 0.548 bits per heavy atom. The molecule has 0 radical (unpaired) electrons. The fraction of sp³-hybridized carbons (Fsp3) is 0. The molecular weight excluding hydrogens is 427 g/mol. The summed E-state index contributed by atoms with van der Waals surface area (Å²) in [7, 11) is 0. The molecule has 150 valence electrons. The van der Waals surface area contributed by atoms with E-state index in [0.29, 0.717) is 21.6 Å². The fourth-order valence-electron chi connectivity index (χ4n) is 3.43. The summed E-state index contributed by atoms with van der Waals surface area (Å²) in [5.41, 5.74) is 5.22. The standard InChI is InChI=1S/C26H16Cl2N2O/c27-21-12-11-19(15-22(21)28)24-13-14-25(31-24)20-16-23(17-7-3-1-4-8-17)29-30-26(20)18-9-5-2-6-10-18/h1-16H. The quantitative estimate of drug-likeness (QED) is 0.282. The Bertz CT molecular complexity index is 1350. The van der Waals surface area contributed by atoms with Gasteiger partial charge in [0.25, 0.3) is 0 Å². The van der Waals surface area contributed by atoms with Crippen LogP contribution in [0.2, 0.25) is 10.0 Å². The molecule has 2 heterocycles. The van der Waals surface area contributed by atoms with Gasteiger partial charge in [0.2, 0.25) is 0 Å². The van der Waals surface area contributed by atoms with Gasteiger partial charge in [-0.25, -0.2) is 0 Å². The molecule has 0 saturated heterocycles. The predicted octanol–water partition coefficient (Wildman–Crippen LogP) is 8.04. The average molecular weight is 443 g/mol. The number of hydrogen-bond acceptors (Lipinski definition) is 3. The predicted molar refractivity (Wildman–Crippen MR) is 126 cm³/mol. The first-order chi connectivity index (χ1) is 15.2. The lowest BCUT2D eigenvalue weighted by Crippen LogP contribution is -1.95. The van der Waals surface area contributed by atoms with Gasteiger partial charge in [-0.15, -0.1) is 10.2 Å². The molecule has 0 bridgehead atoms. The van der Waals surface area contributed by atoms with Crippen LogP contribution >= 0.6 is 23.2 Å². The van der Waals surface area contributed by atoms with Gasteiger partial charge in [0.1, 0.15) is 17.2 Å². The smallest absolute Gasteiger partial charge is 0.137 e. The summed E-state index contributed by atoms with van der Waals surface area (Å²) in [5.74, 6) is 1.40. The zero-order chi connectivity index (χ0) is 21.2. The molecule has 31 heavy (non-hydrogen) atoms. The summed E-state index contributed by atoms with van der Waals surface area (Å²) in [6, 6.07) is 31.3. The maximum absolute atomic E-state index is 6.23.